The molecule has 0 aliphatic heterocycles. The Morgan fingerprint density at radius 3 is 2.83 bits per heavy atom. The summed E-state index contributed by atoms with van der Waals surface area (Å²) in [4.78, 5) is 11.4. The van der Waals surface area contributed by atoms with Crippen LogP contribution in [0.15, 0.2) is 18.2 Å². The van der Waals surface area contributed by atoms with Crippen molar-refractivity contribution in [1.82, 2.24) is 5.32 Å². The molecule has 0 spiro atoms. The van der Waals surface area contributed by atoms with E-state index in [0.29, 0.717) is 18.2 Å². The quantitative estimate of drug-likeness (QED) is 0.807. The zero-order valence-corrected chi connectivity index (χ0v) is 10.7. The number of hydrogen-bond acceptors (Lipinski definition) is 3. The fraction of sp³-hybridized carbons (Fsp3) is 0.462. The number of nitrogens with two attached hydrogens (primary N) is 1. The summed E-state index contributed by atoms with van der Waals surface area (Å²) < 4.78 is 18.6. The highest BCUT2D eigenvalue weighted by Gasteiger charge is 2.09. The molecule has 1 rings (SSSR count). The molecule has 1 aromatic rings. The van der Waals surface area contributed by atoms with Gasteiger partial charge in [-0.25, -0.2) is 4.39 Å². The lowest BCUT2D eigenvalue weighted by molar-refractivity contribution is -0.123. The molecular weight excluding hydrogens is 235 g/mol. The summed E-state index contributed by atoms with van der Waals surface area (Å²) in [6.45, 7) is 4.49. The molecule has 0 fully saturated rings. The maximum Gasteiger partial charge on any atom is 0.257 e. The first-order valence-electron chi connectivity index (χ1n) is 5.91. The van der Waals surface area contributed by atoms with Crippen LogP contribution in [0.3, 0.4) is 0 Å². The standard InChI is InChI=1S/C13H19FN2O2/c1-9(2)7-16-13(17)8-18-12-5-3-4-11(14)10(12)6-15/h3-5,9H,6-8,15H2,1-2H3,(H,16,17). The third-order valence-corrected chi connectivity index (χ3v) is 2.35. The van der Waals surface area contributed by atoms with Gasteiger partial charge < -0.3 is 15.8 Å². The predicted octanol–water partition coefficient (Wildman–Crippen LogP) is 1.44. The number of benzene rings is 1. The van der Waals surface area contributed by atoms with E-state index < -0.39 is 5.82 Å². The van der Waals surface area contributed by atoms with Crippen LogP contribution >= 0.6 is 0 Å². The number of halogens is 1. The van der Waals surface area contributed by atoms with E-state index in [-0.39, 0.29) is 24.6 Å². The molecule has 3 N–H and O–H groups in total. The second kappa shape index (κ2) is 6.96. The van der Waals surface area contributed by atoms with E-state index in [9.17, 15) is 9.18 Å². The van der Waals surface area contributed by atoms with E-state index in [0.717, 1.165) is 0 Å². The molecule has 5 heteroatoms. The first-order chi connectivity index (χ1) is 8.54. The Kier molecular flexibility index (Phi) is 5.58. The number of amides is 1. The Bertz CT molecular complexity index is 408. The molecule has 1 amide bonds. The second-order valence-corrected chi connectivity index (χ2v) is 4.41. The van der Waals surface area contributed by atoms with Crippen molar-refractivity contribution >= 4 is 5.91 Å². The third-order valence-electron chi connectivity index (χ3n) is 2.35. The van der Waals surface area contributed by atoms with E-state index in [2.05, 4.69) is 5.32 Å². The van der Waals surface area contributed by atoms with Crippen molar-refractivity contribution < 1.29 is 13.9 Å². The lowest BCUT2D eigenvalue weighted by Gasteiger charge is -2.12. The lowest BCUT2D eigenvalue weighted by Crippen LogP contribution is -2.31. The summed E-state index contributed by atoms with van der Waals surface area (Å²) in [5, 5.41) is 2.72. The predicted molar refractivity (Wildman–Crippen MR) is 67.6 cm³/mol. The van der Waals surface area contributed by atoms with E-state index >= 15 is 0 Å². The normalized spacial score (nSPS) is 10.5. The monoisotopic (exact) mass is 254 g/mol. The van der Waals surface area contributed by atoms with Crippen LogP contribution < -0.4 is 15.8 Å². The minimum absolute atomic E-state index is 0.0373. The molecule has 0 aliphatic rings. The molecule has 0 atom stereocenters. The van der Waals surface area contributed by atoms with Crippen LogP contribution in [-0.2, 0) is 11.3 Å². The zero-order valence-electron chi connectivity index (χ0n) is 10.7. The number of hydrogen-bond donors (Lipinski definition) is 2. The Morgan fingerprint density at radius 2 is 2.22 bits per heavy atom. The number of nitrogens with one attached hydrogen (secondary N) is 1. The average molecular weight is 254 g/mol. The van der Waals surface area contributed by atoms with Gasteiger partial charge in [-0.1, -0.05) is 19.9 Å². The van der Waals surface area contributed by atoms with Crippen molar-refractivity contribution in [2.75, 3.05) is 13.2 Å². The summed E-state index contributed by atoms with van der Waals surface area (Å²) in [5.41, 5.74) is 5.72. The second-order valence-electron chi connectivity index (χ2n) is 4.41. The number of carbonyl (C=O) groups excluding carboxylic acids is 1. The molecular formula is C13H19FN2O2. The molecule has 0 heterocycles. The van der Waals surface area contributed by atoms with E-state index in [1.165, 1.54) is 12.1 Å². The SMILES string of the molecule is CC(C)CNC(=O)COc1cccc(F)c1CN. The minimum atomic E-state index is -0.419. The van der Waals surface area contributed by atoms with Crippen LogP contribution in [0.4, 0.5) is 4.39 Å². The maximum absolute atomic E-state index is 13.4. The summed E-state index contributed by atoms with van der Waals surface area (Å²) in [7, 11) is 0. The molecule has 0 saturated carbocycles. The number of rotatable bonds is 6. The van der Waals surface area contributed by atoms with Crippen LogP contribution in [0.1, 0.15) is 19.4 Å². The molecule has 18 heavy (non-hydrogen) atoms. The number of carbonyl (C=O) groups is 1. The van der Waals surface area contributed by atoms with Crippen molar-refractivity contribution in [3.05, 3.63) is 29.6 Å². The molecule has 0 saturated heterocycles. The molecule has 0 radical (unpaired) electrons. The first kappa shape index (κ1) is 14.4. The smallest absolute Gasteiger partial charge is 0.257 e. The topological polar surface area (TPSA) is 64.3 Å². The van der Waals surface area contributed by atoms with E-state index in [1.807, 2.05) is 13.8 Å². The Hall–Kier alpha value is -1.62. The van der Waals surface area contributed by atoms with Gasteiger partial charge in [0.1, 0.15) is 11.6 Å². The average Bonchev–Trinajstić information content (AvgIpc) is 2.33. The summed E-state index contributed by atoms with van der Waals surface area (Å²) in [5.74, 6) is 0.0495. The molecule has 100 valence electrons. The van der Waals surface area contributed by atoms with Gasteiger partial charge in [0.2, 0.25) is 0 Å². The van der Waals surface area contributed by atoms with Crippen molar-refractivity contribution in [1.29, 1.82) is 0 Å². The van der Waals surface area contributed by atoms with Gasteiger partial charge in [-0.2, -0.15) is 0 Å². The summed E-state index contributed by atoms with van der Waals surface area (Å²) in [6, 6.07) is 4.44. The van der Waals surface area contributed by atoms with Crippen LogP contribution in [-0.4, -0.2) is 19.1 Å². The Balaban J connectivity index is 2.53. The van der Waals surface area contributed by atoms with Gasteiger partial charge in [0.25, 0.3) is 5.91 Å². The largest absolute Gasteiger partial charge is 0.483 e. The van der Waals surface area contributed by atoms with Gasteiger partial charge in [-0.05, 0) is 18.1 Å². The minimum Gasteiger partial charge on any atom is -0.483 e. The lowest BCUT2D eigenvalue weighted by atomic mass is 10.2. The highest BCUT2D eigenvalue weighted by molar-refractivity contribution is 5.77. The Labute approximate surface area is 106 Å². The van der Waals surface area contributed by atoms with Crippen LogP contribution in [0.25, 0.3) is 0 Å². The van der Waals surface area contributed by atoms with Gasteiger partial charge >= 0.3 is 0 Å². The van der Waals surface area contributed by atoms with Crippen LogP contribution in [0, 0.1) is 11.7 Å². The van der Waals surface area contributed by atoms with Gasteiger partial charge in [0.15, 0.2) is 6.61 Å². The van der Waals surface area contributed by atoms with Crippen molar-refractivity contribution in [2.24, 2.45) is 11.7 Å². The summed E-state index contributed by atoms with van der Waals surface area (Å²) in [6.07, 6.45) is 0. The Morgan fingerprint density at radius 1 is 1.50 bits per heavy atom. The molecule has 0 bridgehead atoms. The van der Waals surface area contributed by atoms with E-state index in [4.69, 9.17) is 10.5 Å². The maximum atomic E-state index is 13.4. The third kappa shape index (κ3) is 4.33. The highest BCUT2D eigenvalue weighted by atomic mass is 19.1. The molecule has 4 nitrogen and oxygen atoms in total. The van der Waals surface area contributed by atoms with Gasteiger partial charge in [0, 0.05) is 18.7 Å². The molecule has 1 aromatic carbocycles. The van der Waals surface area contributed by atoms with Crippen molar-refractivity contribution in [2.45, 2.75) is 20.4 Å². The number of ether oxygens (including phenoxy) is 1. The van der Waals surface area contributed by atoms with Crippen LogP contribution in [0.2, 0.25) is 0 Å². The van der Waals surface area contributed by atoms with Gasteiger partial charge in [0.05, 0.1) is 0 Å². The van der Waals surface area contributed by atoms with E-state index in [1.54, 1.807) is 6.07 Å². The molecule has 0 aromatic heterocycles. The first-order valence-corrected chi connectivity index (χ1v) is 5.91. The fourth-order valence-electron chi connectivity index (χ4n) is 1.38. The van der Waals surface area contributed by atoms with Gasteiger partial charge in [-0.15, -0.1) is 0 Å². The van der Waals surface area contributed by atoms with Gasteiger partial charge in [-0.3, -0.25) is 4.79 Å². The fourth-order valence-corrected chi connectivity index (χ4v) is 1.38. The van der Waals surface area contributed by atoms with Crippen molar-refractivity contribution in [3.8, 4) is 5.75 Å². The molecule has 0 unspecified atom stereocenters. The van der Waals surface area contributed by atoms with Crippen molar-refractivity contribution in [3.63, 3.8) is 0 Å². The van der Waals surface area contributed by atoms with Crippen LogP contribution in [0.5, 0.6) is 5.75 Å². The highest BCUT2D eigenvalue weighted by Crippen LogP contribution is 2.20. The molecule has 0 aliphatic carbocycles. The summed E-state index contributed by atoms with van der Waals surface area (Å²) >= 11 is 0. The zero-order chi connectivity index (χ0) is 13.5.